The van der Waals surface area contributed by atoms with Crippen molar-refractivity contribution in [3.63, 3.8) is 0 Å². The van der Waals surface area contributed by atoms with Gasteiger partial charge in [0.15, 0.2) is 0 Å². The molecular weight excluding hydrogens is 290 g/mol. The van der Waals surface area contributed by atoms with Crippen molar-refractivity contribution >= 4 is 6.03 Å². The van der Waals surface area contributed by atoms with Crippen LogP contribution in [-0.4, -0.2) is 28.7 Å². The quantitative estimate of drug-likeness (QED) is 0.943. The Kier molecular flexibility index (Phi) is 4.65. The molecule has 1 N–H and O–H groups in total. The molecule has 1 aromatic carbocycles. The van der Waals surface area contributed by atoms with E-state index in [0.717, 1.165) is 42.8 Å². The molecular formula is C18H23N3O2. The topological polar surface area (TPSA) is 58.4 Å². The van der Waals surface area contributed by atoms with Gasteiger partial charge in [0.05, 0.1) is 5.69 Å². The van der Waals surface area contributed by atoms with E-state index in [1.54, 1.807) is 0 Å². The first-order valence-electron chi connectivity index (χ1n) is 8.15. The fraction of sp³-hybridized carbons (Fsp3) is 0.444. The van der Waals surface area contributed by atoms with Gasteiger partial charge in [0.2, 0.25) is 0 Å². The molecule has 0 radical (unpaired) electrons. The zero-order valence-electron chi connectivity index (χ0n) is 13.7. The molecule has 122 valence electrons. The van der Waals surface area contributed by atoms with Crippen molar-refractivity contribution in [2.75, 3.05) is 6.54 Å². The van der Waals surface area contributed by atoms with Crippen molar-refractivity contribution in [1.82, 2.24) is 15.4 Å². The highest BCUT2D eigenvalue weighted by Crippen LogP contribution is 2.21. The third kappa shape index (κ3) is 3.55. The summed E-state index contributed by atoms with van der Waals surface area (Å²) >= 11 is 0. The highest BCUT2D eigenvalue weighted by molar-refractivity contribution is 5.75. The molecule has 1 fully saturated rings. The van der Waals surface area contributed by atoms with Gasteiger partial charge in [-0.25, -0.2) is 4.79 Å². The van der Waals surface area contributed by atoms with Gasteiger partial charge in [0.1, 0.15) is 5.76 Å². The lowest BCUT2D eigenvalue weighted by molar-refractivity contribution is 0.192. The van der Waals surface area contributed by atoms with Crippen LogP contribution in [0.15, 0.2) is 34.9 Å². The second-order valence-corrected chi connectivity index (χ2v) is 6.14. The number of hydrogen-bond donors (Lipinski definition) is 1. The van der Waals surface area contributed by atoms with E-state index in [1.165, 1.54) is 5.56 Å². The van der Waals surface area contributed by atoms with Crippen LogP contribution in [0.25, 0.3) is 0 Å². The summed E-state index contributed by atoms with van der Waals surface area (Å²) in [5.74, 6) is 0.769. The van der Waals surface area contributed by atoms with Crippen molar-refractivity contribution in [1.29, 1.82) is 0 Å². The lowest BCUT2D eigenvalue weighted by Gasteiger charge is -2.25. The summed E-state index contributed by atoms with van der Waals surface area (Å²) in [5.41, 5.74) is 3.09. The van der Waals surface area contributed by atoms with Crippen molar-refractivity contribution in [2.24, 2.45) is 0 Å². The average Bonchev–Trinajstić information content (AvgIpc) is 3.14. The predicted molar refractivity (Wildman–Crippen MR) is 88.1 cm³/mol. The van der Waals surface area contributed by atoms with Crippen molar-refractivity contribution in [2.45, 2.75) is 45.7 Å². The molecule has 23 heavy (non-hydrogen) atoms. The largest absolute Gasteiger partial charge is 0.361 e. The number of urea groups is 1. The van der Waals surface area contributed by atoms with Gasteiger partial charge in [0.25, 0.3) is 0 Å². The second kappa shape index (κ2) is 6.86. The maximum absolute atomic E-state index is 12.5. The summed E-state index contributed by atoms with van der Waals surface area (Å²) < 4.78 is 5.14. The third-order valence-corrected chi connectivity index (χ3v) is 4.55. The number of hydrogen-bond acceptors (Lipinski definition) is 3. The standard InChI is InChI=1S/C18H23N3O2/c1-13-17(14(2)23-20-13)12-19-18(22)21-10-6-9-16(21)11-15-7-4-3-5-8-15/h3-5,7-8,16H,6,9-12H2,1-2H3,(H,19,22)/t16-/m0/s1. The van der Waals surface area contributed by atoms with Crippen LogP contribution in [0.1, 0.15) is 35.4 Å². The number of likely N-dealkylation sites (tertiary alicyclic amines) is 1. The molecule has 0 bridgehead atoms. The van der Waals surface area contributed by atoms with Crippen LogP contribution in [0, 0.1) is 13.8 Å². The summed E-state index contributed by atoms with van der Waals surface area (Å²) in [4.78, 5) is 14.5. The Balaban J connectivity index is 1.60. The summed E-state index contributed by atoms with van der Waals surface area (Å²) in [5, 5.41) is 6.93. The van der Waals surface area contributed by atoms with Gasteiger partial charge in [-0.2, -0.15) is 0 Å². The van der Waals surface area contributed by atoms with E-state index >= 15 is 0 Å². The number of benzene rings is 1. The Morgan fingerprint density at radius 3 is 2.83 bits per heavy atom. The van der Waals surface area contributed by atoms with Crippen LogP contribution < -0.4 is 5.32 Å². The maximum Gasteiger partial charge on any atom is 0.317 e. The number of amides is 2. The monoisotopic (exact) mass is 313 g/mol. The molecule has 0 aliphatic carbocycles. The van der Waals surface area contributed by atoms with Crippen LogP contribution in [0.5, 0.6) is 0 Å². The lowest BCUT2D eigenvalue weighted by atomic mass is 10.0. The highest BCUT2D eigenvalue weighted by atomic mass is 16.5. The van der Waals surface area contributed by atoms with Crippen LogP contribution in [-0.2, 0) is 13.0 Å². The molecule has 2 heterocycles. The number of carbonyl (C=O) groups is 1. The Labute approximate surface area is 136 Å². The molecule has 1 atom stereocenters. The molecule has 2 amide bonds. The van der Waals surface area contributed by atoms with E-state index in [0.29, 0.717) is 6.54 Å². The smallest absolute Gasteiger partial charge is 0.317 e. The molecule has 2 aromatic rings. The molecule has 0 saturated carbocycles. The highest BCUT2D eigenvalue weighted by Gasteiger charge is 2.28. The zero-order chi connectivity index (χ0) is 16.2. The minimum Gasteiger partial charge on any atom is -0.361 e. The Bertz CT molecular complexity index is 647. The number of nitrogens with one attached hydrogen (secondary N) is 1. The summed E-state index contributed by atoms with van der Waals surface area (Å²) in [6.07, 6.45) is 3.05. The van der Waals surface area contributed by atoms with E-state index in [-0.39, 0.29) is 12.1 Å². The lowest BCUT2D eigenvalue weighted by Crippen LogP contribution is -2.43. The molecule has 1 saturated heterocycles. The maximum atomic E-state index is 12.5. The van der Waals surface area contributed by atoms with Crippen molar-refractivity contribution < 1.29 is 9.32 Å². The zero-order valence-corrected chi connectivity index (χ0v) is 13.7. The van der Waals surface area contributed by atoms with Crippen LogP contribution >= 0.6 is 0 Å². The van der Waals surface area contributed by atoms with Gasteiger partial charge in [-0.3, -0.25) is 0 Å². The van der Waals surface area contributed by atoms with E-state index in [4.69, 9.17) is 4.52 Å². The first kappa shape index (κ1) is 15.6. The summed E-state index contributed by atoms with van der Waals surface area (Å²) in [7, 11) is 0. The van der Waals surface area contributed by atoms with Gasteiger partial charge in [-0.1, -0.05) is 35.5 Å². The van der Waals surface area contributed by atoms with E-state index in [2.05, 4.69) is 22.6 Å². The molecule has 0 spiro atoms. The Morgan fingerprint density at radius 1 is 1.35 bits per heavy atom. The molecule has 5 heteroatoms. The van der Waals surface area contributed by atoms with Gasteiger partial charge in [-0.15, -0.1) is 0 Å². The van der Waals surface area contributed by atoms with Gasteiger partial charge in [0, 0.05) is 24.7 Å². The first-order chi connectivity index (χ1) is 11.1. The summed E-state index contributed by atoms with van der Waals surface area (Å²) in [6.45, 7) is 5.06. The van der Waals surface area contributed by atoms with Crippen LogP contribution in [0.2, 0.25) is 0 Å². The van der Waals surface area contributed by atoms with E-state index in [1.807, 2.05) is 36.9 Å². The number of nitrogens with zero attached hydrogens (tertiary/aromatic N) is 2. The van der Waals surface area contributed by atoms with Gasteiger partial charge < -0.3 is 14.7 Å². The molecule has 5 nitrogen and oxygen atoms in total. The number of aryl methyl sites for hydroxylation is 2. The predicted octanol–water partition coefficient (Wildman–Crippen LogP) is 3.21. The number of rotatable bonds is 4. The molecule has 1 aliphatic rings. The Morgan fingerprint density at radius 2 is 2.13 bits per heavy atom. The normalized spacial score (nSPS) is 17.5. The summed E-state index contributed by atoms with van der Waals surface area (Å²) in [6, 6.07) is 10.6. The number of aromatic nitrogens is 1. The Hall–Kier alpha value is -2.30. The minimum atomic E-state index is 0.00318. The van der Waals surface area contributed by atoms with E-state index < -0.39 is 0 Å². The SMILES string of the molecule is Cc1noc(C)c1CNC(=O)N1CCC[C@H]1Cc1ccccc1. The molecule has 0 unspecified atom stereocenters. The fourth-order valence-electron chi connectivity index (χ4n) is 3.22. The fourth-order valence-corrected chi connectivity index (χ4v) is 3.22. The molecule has 1 aliphatic heterocycles. The molecule has 3 rings (SSSR count). The van der Waals surface area contributed by atoms with Gasteiger partial charge in [-0.05, 0) is 38.7 Å². The second-order valence-electron chi connectivity index (χ2n) is 6.14. The minimum absolute atomic E-state index is 0.00318. The van der Waals surface area contributed by atoms with Gasteiger partial charge >= 0.3 is 6.03 Å². The third-order valence-electron chi connectivity index (χ3n) is 4.55. The van der Waals surface area contributed by atoms with Crippen molar-refractivity contribution in [3.8, 4) is 0 Å². The number of carbonyl (C=O) groups excluding carboxylic acids is 1. The average molecular weight is 313 g/mol. The van der Waals surface area contributed by atoms with E-state index in [9.17, 15) is 4.79 Å². The van der Waals surface area contributed by atoms with Crippen LogP contribution in [0.3, 0.4) is 0 Å². The van der Waals surface area contributed by atoms with Crippen molar-refractivity contribution in [3.05, 3.63) is 52.9 Å². The first-order valence-corrected chi connectivity index (χ1v) is 8.15. The molecule has 1 aromatic heterocycles. The van der Waals surface area contributed by atoms with Crippen LogP contribution in [0.4, 0.5) is 4.79 Å².